The molecule has 1 aromatic carbocycles. The van der Waals surface area contributed by atoms with E-state index in [-0.39, 0.29) is 0 Å². The van der Waals surface area contributed by atoms with Gasteiger partial charge in [-0.3, -0.25) is 10.1 Å². The minimum atomic E-state index is -1.41. The number of fused-ring (bicyclic) bond motifs is 1. The molecule has 0 saturated carbocycles. The molecule has 6 heteroatoms. The zero-order valence-electron chi connectivity index (χ0n) is 9.47. The molecule has 0 radical (unpaired) electrons. The number of rotatable bonds is 3. The van der Waals surface area contributed by atoms with E-state index in [9.17, 15) is 14.7 Å². The number of amides is 1. The van der Waals surface area contributed by atoms with Gasteiger partial charge in [-0.2, -0.15) is 0 Å². The zero-order chi connectivity index (χ0) is 13.1. The maximum atomic E-state index is 11.4. The average Bonchev–Trinajstić information content (AvgIpc) is 2.70. The maximum Gasteiger partial charge on any atom is 0.250 e. The maximum absolute atomic E-state index is 11.4. The van der Waals surface area contributed by atoms with Gasteiger partial charge in [-0.15, -0.1) is 0 Å². The fourth-order valence-corrected chi connectivity index (χ4v) is 2.38. The fourth-order valence-electron chi connectivity index (χ4n) is 1.43. The lowest BCUT2D eigenvalue weighted by molar-refractivity contribution is -0.297. The number of carboxylic acids is 1. The largest absolute Gasteiger partial charge is 0.545 e. The van der Waals surface area contributed by atoms with Crippen LogP contribution in [0, 0.1) is 6.92 Å². The third kappa shape index (κ3) is 2.72. The van der Waals surface area contributed by atoms with E-state index in [1.165, 1.54) is 11.3 Å². The highest BCUT2D eigenvalue weighted by atomic mass is 32.1. The lowest BCUT2D eigenvalue weighted by atomic mass is 10.2. The second-order valence-electron chi connectivity index (χ2n) is 3.58. The number of thiazole rings is 1. The summed E-state index contributed by atoms with van der Waals surface area (Å²) in [6, 6.07) is 5.76. The molecule has 1 aromatic heterocycles. The lowest BCUT2D eigenvalue weighted by Crippen LogP contribution is -2.20. The first-order valence-corrected chi connectivity index (χ1v) is 5.94. The minimum Gasteiger partial charge on any atom is -0.545 e. The second kappa shape index (κ2) is 4.97. The van der Waals surface area contributed by atoms with Crippen LogP contribution in [0.3, 0.4) is 0 Å². The monoisotopic (exact) mass is 261 g/mol. The lowest BCUT2D eigenvalue weighted by Gasteiger charge is -1.95. The van der Waals surface area contributed by atoms with Gasteiger partial charge in [0, 0.05) is 6.08 Å². The van der Waals surface area contributed by atoms with Crippen LogP contribution in [0.2, 0.25) is 0 Å². The van der Waals surface area contributed by atoms with Crippen LogP contribution < -0.4 is 10.4 Å². The number of carbonyl (C=O) groups is 2. The van der Waals surface area contributed by atoms with Gasteiger partial charge in [0.2, 0.25) is 5.91 Å². The Balaban J connectivity index is 2.20. The molecule has 0 aliphatic carbocycles. The molecule has 18 heavy (non-hydrogen) atoms. The molecule has 92 valence electrons. The van der Waals surface area contributed by atoms with Gasteiger partial charge in [0.15, 0.2) is 5.13 Å². The molecule has 5 nitrogen and oxygen atoms in total. The van der Waals surface area contributed by atoms with Gasteiger partial charge in [0.25, 0.3) is 0 Å². The predicted molar refractivity (Wildman–Crippen MR) is 67.1 cm³/mol. The summed E-state index contributed by atoms with van der Waals surface area (Å²) in [5.74, 6) is -1.96. The van der Waals surface area contributed by atoms with E-state index in [0.717, 1.165) is 21.9 Å². The summed E-state index contributed by atoms with van der Waals surface area (Å²) >= 11 is 1.33. The Morgan fingerprint density at radius 1 is 1.39 bits per heavy atom. The minimum absolute atomic E-state index is 0.437. The molecule has 0 bridgehead atoms. The second-order valence-corrected chi connectivity index (χ2v) is 4.61. The summed E-state index contributed by atoms with van der Waals surface area (Å²) in [5, 5.41) is 13.1. The average molecular weight is 261 g/mol. The van der Waals surface area contributed by atoms with Gasteiger partial charge in [-0.1, -0.05) is 23.5 Å². The highest BCUT2D eigenvalue weighted by molar-refractivity contribution is 7.22. The first-order valence-electron chi connectivity index (χ1n) is 5.12. The smallest absolute Gasteiger partial charge is 0.250 e. The number of anilines is 1. The van der Waals surface area contributed by atoms with Crippen LogP contribution in [0.15, 0.2) is 30.4 Å². The van der Waals surface area contributed by atoms with Crippen molar-refractivity contribution < 1.29 is 14.7 Å². The van der Waals surface area contributed by atoms with E-state index < -0.39 is 11.9 Å². The molecular weight excluding hydrogens is 252 g/mol. The van der Waals surface area contributed by atoms with Gasteiger partial charge in [0.1, 0.15) is 0 Å². The molecule has 0 aliphatic heterocycles. The van der Waals surface area contributed by atoms with Crippen molar-refractivity contribution in [1.29, 1.82) is 0 Å². The Hall–Kier alpha value is -2.21. The van der Waals surface area contributed by atoms with Crippen LogP contribution in [-0.4, -0.2) is 16.9 Å². The van der Waals surface area contributed by atoms with E-state index in [4.69, 9.17) is 0 Å². The Kier molecular flexibility index (Phi) is 3.38. The van der Waals surface area contributed by atoms with Crippen molar-refractivity contribution in [3.05, 3.63) is 35.9 Å². The number of para-hydroxylation sites is 1. The van der Waals surface area contributed by atoms with Gasteiger partial charge in [-0.25, -0.2) is 4.98 Å². The molecule has 0 atom stereocenters. The van der Waals surface area contributed by atoms with E-state index in [1.54, 1.807) is 0 Å². The molecule has 0 spiro atoms. The summed E-state index contributed by atoms with van der Waals surface area (Å²) in [6.07, 6.45) is 1.57. The third-order valence-electron chi connectivity index (χ3n) is 2.22. The Morgan fingerprint density at radius 3 is 2.83 bits per heavy atom. The fraction of sp³-hybridized carbons (Fsp3) is 0.0833. The molecule has 0 unspecified atom stereocenters. The van der Waals surface area contributed by atoms with Crippen molar-refractivity contribution in [1.82, 2.24) is 4.98 Å². The van der Waals surface area contributed by atoms with Crippen LogP contribution >= 0.6 is 11.3 Å². The van der Waals surface area contributed by atoms with Gasteiger partial charge in [-0.05, 0) is 24.6 Å². The van der Waals surface area contributed by atoms with Crippen molar-refractivity contribution >= 4 is 38.6 Å². The number of carboxylic acid groups (broad SMARTS) is 1. The van der Waals surface area contributed by atoms with Crippen LogP contribution in [0.5, 0.6) is 0 Å². The molecular formula is C12H9N2O3S-. The Morgan fingerprint density at radius 2 is 2.17 bits per heavy atom. The highest BCUT2D eigenvalue weighted by Crippen LogP contribution is 2.27. The number of benzene rings is 1. The van der Waals surface area contributed by atoms with E-state index >= 15 is 0 Å². The molecule has 2 rings (SSSR count). The molecule has 1 heterocycles. The number of nitrogens with one attached hydrogen (secondary N) is 1. The zero-order valence-corrected chi connectivity index (χ0v) is 10.3. The number of hydrogen-bond donors (Lipinski definition) is 1. The summed E-state index contributed by atoms with van der Waals surface area (Å²) in [5.41, 5.74) is 1.86. The van der Waals surface area contributed by atoms with Crippen molar-refractivity contribution in [2.45, 2.75) is 6.92 Å². The van der Waals surface area contributed by atoms with Gasteiger partial charge in [0.05, 0.1) is 16.2 Å². The number of aryl methyl sites for hydroxylation is 1. The van der Waals surface area contributed by atoms with E-state index in [2.05, 4.69) is 10.3 Å². The Bertz CT molecular complexity index is 646. The number of aliphatic carboxylic acids is 1. The van der Waals surface area contributed by atoms with Crippen LogP contribution in [0.4, 0.5) is 5.13 Å². The third-order valence-corrected chi connectivity index (χ3v) is 3.16. The standard InChI is InChI=1S/C12H10N2O3S/c1-7-3-2-4-8-11(7)14-12(18-8)13-9(15)5-6-10(16)17/h2-6H,1H3,(H,16,17)(H,13,14,15)/p-1/b6-5+. The quantitative estimate of drug-likeness (QED) is 0.830. The number of hydrogen-bond acceptors (Lipinski definition) is 5. The summed E-state index contributed by atoms with van der Waals surface area (Å²) in [7, 11) is 0. The normalized spacial score (nSPS) is 10.9. The van der Waals surface area contributed by atoms with Gasteiger partial charge < -0.3 is 9.90 Å². The summed E-state index contributed by atoms with van der Waals surface area (Å²) in [4.78, 5) is 25.8. The van der Waals surface area contributed by atoms with E-state index in [1.807, 2.05) is 25.1 Å². The predicted octanol–water partition coefficient (Wildman–Crippen LogP) is 0.849. The molecule has 0 fully saturated rings. The molecule has 0 aliphatic rings. The first-order chi connectivity index (χ1) is 8.56. The Labute approximate surface area is 107 Å². The number of aromatic nitrogens is 1. The van der Waals surface area contributed by atoms with E-state index in [0.29, 0.717) is 11.2 Å². The van der Waals surface area contributed by atoms with Crippen LogP contribution in [0.25, 0.3) is 10.2 Å². The first kappa shape index (κ1) is 12.3. The molecule has 1 amide bonds. The summed E-state index contributed by atoms with van der Waals surface area (Å²) < 4.78 is 0.967. The molecule has 0 saturated heterocycles. The van der Waals surface area contributed by atoms with Gasteiger partial charge >= 0.3 is 0 Å². The number of nitrogens with zero attached hydrogens (tertiary/aromatic N) is 1. The van der Waals surface area contributed by atoms with Crippen molar-refractivity contribution in [2.24, 2.45) is 0 Å². The van der Waals surface area contributed by atoms with Crippen molar-refractivity contribution in [3.8, 4) is 0 Å². The van der Waals surface area contributed by atoms with Crippen molar-refractivity contribution in [2.75, 3.05) is 5.32 Å². The number of carbonyl (C=O) groups excluding carboxylic acids is 2. The SMILES string of the molecule is Cc1cccc2sc(NC(=O)/C=C/C(=O)[O-])nc12. The highest BCUT2D eigenvalue weighted by Gasteiger charge is 2.07. The van der Waals surface area contributed by atoms with Crippen LogP contribution in [-0.2, 0) is 9.59 Å². The summed E-state index contributed by atoms with van der Waals surface area (Å²) in [6.45, 7) is 1.93. The molecule has 1 N–H and O–H groups in total. The molecule has 2 aromatic rings. The van der Waals surface area contributed by atoms with Crippen LogP contribution in [0.1, 0.15) is 5.56 Å². The van der Waals surface area contributed by atoms with Crippen molar-refractivity contribution in [3.63, 3.8) is 0 Å². The topological polar surface area (TPSA) is 82.1 Å².